The smallest absolute Gasteiger partial charge is 0.0366 e. The number of anilines is 1. The summed E-state index contributed by atoms with van der Waals surface area (Å²) < 4.78 is 0. The molecule has 0 N–H and O–H groups in total. The van der Waals surface area contributed by atoms with Crippen LogP contribution < -0.4 is 4.90 Å². The Morgan fingerprint density at radius 1 is 0.857 bits per heavy atom. The summed E-state index contributed by atoms with van der Waals surface area (Å²) in [6.07, 6.45) is 8.29. The van der Waals surface area contributed by atoms with Crippen LogP contribution in [0, 0.1) is 11.3 Å². The molecule has 1 aliphatic heterocycles. The van der Waals surface area contributed by atoms with Crippen LogP contribution in [0.25, 0.3) is 0 Å². The topological polar surface area (TPSA) is 3.24 Å². The molecular weight excluding hydrogens is 254 g/mol. The summed E-state index contributed by atoms with van der Waals surface area (Å²) in [5.41, 5.74) is 3.50. The normalized spacial score (nSPS) is 27.1. The second-order valence-electron chi connectivity index (χ2n) is 8.20. The van der Waals surface area contributed by atoms with Crippen LogP contribution in [-0.4, -0.2) is 13.1 Å². The second kappa shape index (κ2) is 6.02. The van der Waals surface area contributed by atoms with Crippen molar-refractivity contribution < 1.29 is 0 Å². The summed E-state index contributed by atoms with van der Waals surface area (Å²) in [5, 5.41) is 0. The first kappa shape index (κ1) is 14.9. The maximum atomic E-state index is 2.53. The van der Waals surface area contributed by atoms with E-state index in [1.807, 2.05) is 0 Å². The van der Waals surface area contributed by atoms with Crippen molar-refractivity contribution in [2.75, 3.05) is 18.0 Å². The van der Waals surface area contributed by atoms with E-state index in [-0.39, 0.29) is 0 Å². The lowest BCUT2D eigenvalue weighted by Gasteiger charge is -2.37. The van der Waals surface area contributed by atoms with E-state index in [2.05, 4.69) is 49.9 Å². The highest BCUT2D eigenvalue weighted by Crippen LogP contribution is 2.43. The van der Waals surface area contributed by atoms with E-state index in [0.29, 0.717) is 5.41 Å². The quantitative estimate of drug-likeness (QED) is 0.683. The van der Waals surface area contributed by atoms with E-state index in [9.17, 15) is 0 Å². The van der Waals surface area contributed by atoms with Gasteiger partial charge in [-0.25, -0.2) is 0 Å². The zero-order chi connectivity index (χ0) is 14.9. The number of benzene rings is 1. The molecule has 21 heavy (non-hydrogen) atoms. The zero-order valence-corrected chi connectivity index (χ0v) is 14.1. The van der Waals surface area contributed by atoms with Crippen LogP contribution in [0.4, 0.5) is 5.69 Å². The van der Waals surface area contributed by atoms with Gasteiger partial charge in [-0.1, -0.05) is 32.9 Å². The Balaban J connectivity index is 1.60. The fourth-order valence-corrected chi connectivity index (χ4v) is 4.23. The molecule has 1 aliphatic carbocycles. The van der Waals surface area contributed by atoms with Crippen LogP contribution in [0.15, 0.2) is 24.3 Å². The highest BCUT2D eigenvalue weighted by atomic mass is 15.1. The largest absolute Gasteiger partial charge is 0.372 e. The summed E-state index contributed by atoms with van der Waals surface area (Å²) in [5.74, 6) is 1.72. The SMILES string of the molecule is CC(C)(C)C1CCC(c2ccc(N3CCCC3)cc2)CC1. The Morgan fingerprint density at radius 2 is 1.43 bits per heavy atom. The minimum Gasteiger partial charge on any atom is -0.372 e. The maximum Gasteiger partial charge on any atom is 0.0366 e. The van der Waals surface area contributed by atoms with Gasteiger partial charge in [0.1, 0.15) is 0 Å². The molecule has 2 aliphatic rings. The molecule has 1 aromatic rings. The first-order valence-electron chi connectivity index (χ1n) is 8.89. The van der Waals surface area contributed by atoms with Crippen molar-refractivity contribution in [3.8, 4) is 0 Å². The van der Waals surface area contributed by atoms with Crippen LogP contribution in [0.1, 0.15) is 70.8 Å². The summed E-state index contributed by atoms with van der Waals surface area (Å²) in [7, 11) is 0. The lowest BCUT2D eigenvalue weighted by molar-refractivity contribution is 0.169. The van der Waals surface area contributed by atoms with Gasteiger partial charge in [0.15, 0.2) is 0 Å². The van der Waals surface area contributed by atoms with Crippen LogP contribution in [0.3, 0.4) is 0 Å². The maximum absolute atomic E-state index is 2.53. The molecule has 0 amide bonds. The van der Waals surface area contributed by atoms with Crippen molar-refractivity contribution in [2.45, 2.75) is 65.2 Å². The van der Waals surface area contributed by atoms with Gasteiger partial charge in [-0.15, -0.1) is 0 Å². The Bertz CT molecular complexity index is 440. The molecular formula is C20H31N. The molecule has 1 saturated heterocycles. The average molecular weight is 285 g/mol. The van der Waals surface area contributed by atoms with Crippen LogP contribution in [-0.2, 0) is 0 Å². The third-order valence-corrected chi connectivity index (χ3v) is 5.79. The minimum atomic E-state index is 0.491. The predicted octanol–water partition coefficient (Wildman–Crippen LogP) is 5.61. The van der Waals surface area contributed by atoms with Gasteiger partial charge in [0.25, 0.3) is 0 Å². The molecule has 1 saturated carbocycles. The number of nitrogens with zero attached hydrogens (tertiary/aromatic N) is 1. The van der Waals surface area contributed by atoms with Gasteiger partial charge in [-0.2, -0.15) is 0 Å². The molecule has 2 fully saturated rings. The van der Waals surface area contributed by atoms with Crippen molar-refractivity contribution in [2.24, 2.45) is 11.3 Å². The van der Waals surface area contributed by atoms with E-state index in [1.54, 1.807) is 5.56 Å². The van der Waals surface area contributed by atoms with E-state index in [1.165, 1.54) is 57.3 Å². The third-order valence-electron chi connectivity index (χ3n) is 5.79. The van der Waals surface area contributed by atoms with Crippen LogP contribution in [0.2, 0.25) is 0 Å². The number of hydrogen-bond donors (Lipinski definition) is 0. The van der Waals surface area contributed by atoms with E-state index < -0.39 is 0 Å². The monoisotopic (exact) mass is 285 g/mol. The standard InChI is InChI=1S/C20H31N/c1-20(2,3)18-10-6-16(7-11-18)17-8-12-19(13-9-17)21-14-4-5-15-21/h8-9,12-13,16,18H,4-7,10-11,14-15H2,1-3H3. The molecule has 0 unspecified atom stereocenters. The summed E-state index contributed by atoms with van der Waals surface area (Å²) in [4.78, 5) is 2.53. The third kappa shape index (κ3) is 3.44. The molecule has 0 radical (unpaired) electrons. The Kier molecular flexibility index (Phi) is 4.28. The van der Waals surface area contributed by atoms with Gasteiger partial charge in [-0.3, -0.25) is 0 Å². The van der Waals surface area contributed by atoms with Gasteiger partial charge in [0, 0.05) is 18.8 Å². The molecule has 1 heterocycles. The van der Waals surface area contributed by atoms with Crippen LogP contribution in [0.5, 0.6) is 0 Å². The predicted molar refractivity (Wildman–Crippen MR) is 92.0 cm³/mol. The fraction of sp³-hybridized carbons (Fsp3) is 0.700. The van der Waals surface area contributed by atoms with Crippen molar-refractivity contribution >= 4 is 5.69 Å². The summed E-state index contributed by atoms with van der Waals surface area (Å²) in [6, 6.07) is 9.51. The lowest BCUT2D eigenvalue weighted by atomic mass is 9.69. The van der Waals surface area contributed by atoms with E-state index in [0.717, 1.165) is 11.8 Å². The fourth-order valence-electron chi connectivity index (χ4n) is 4.23. The average Bonchev–Trinajstić information content (AvgIpc) is 3.01. The van der Waals surface area contributed by atoms with Crippen molar-refractivity contribution in [1.82, 2.24) is 0 Å². The molecule has 1 nitrogen and oxygen atoms in total. The number of rotatable bonds is 2. The van der Waals surface area contributed by atoms with Gasteiger partial charge in [0.05, 0.1) is 0 Å². The van der Waals surface area contributed by atoms with Crippen molar-refractivity contribution in [3.63, 3.8) is 0 Å². The van der Waals surface area contributed by atoms with Crippen LogP contribution >= 0.6 is 0 Å². The molecule has 116 valence electrons. The highest BCUT2D eigenvalue weighted by molar-refractivity contribution is 5.48. The van der Waals surface area contributed by atoms with Crippen molar-refractivity contribution in [3.05, 3.63) is 29.8 Å². The Hall–Kier alpha value is -0.980. The molecule has 1 aromatic carbocycles. The Labute approximate surface area is 130 Å². The molecule has 3 rings (SSSR count). The Morgan fingerprint density at radius 3 is 1.95 bits per heavy atom. The minimum absolute atomic E-state index is 0.491. The second-order valence-corrected chi connectivity index (χ2v) is 8.20. The molecule has 0 aromatic heterocycles. The van der Waals surface area contributed by atoms with Gasteiger partial charge < -0.3 is 4.90 Å². The first-order valence-corrected chi connectivity index (χ1v) is 8.89. The first-order chi connectivity index (χ1) is 10.0. The summed E-state index contributed by atoms with van der Waals surface area (Å²) >= 11 is 0. The number of hydrogen-bond acceptors (Lipinski definition) is 1. The van der Waals surface area contributed by atoms with Gasteiger partial charge >= 0.3 is 0 Å². The lowest BCUT2D eigenvalue weighted by Crippen LogP contribution is -2.25. The molecule has 0 atom stereocenters. The van der Waals surface area contributed by atoms with Crippen molar-refractivity contribution in [1.29, 1.82) is 0 Å². The molecule has 1 heteroatoms. The van der Waals surface area contributed by atoms with Gasteiger partial charge in [-0.05, 0) is 73.5 Å². The molecule has 0 bridgehead atoms. The summed E-state index contributed by atoms with van der Waals surface area (Å²) in [6.45, 7) is 9.71. The van der Waals surface area contributed by atoms with E-state index in [4.69, 9.17) is 0 Å². The zero-order valence-electron chi connectivity index (χ0n) is 14.1. The van der Waals surface area contributed by atoms with E-state index >= 15 is 0 Å². The highest BCUT2D eigenvalue weighted by Gasteiger charge is 2.30. The van der Waals surface area contributed by atoms with Gasteiger partial charge in [0.2, 0.25) is 0 Å². The molecule has 0 spiro atoms.